The maximum Gasteiger partial charge on any atom is 0.123 e. The molecule has 0 spiro atoms. The van der Waals surface area contributed by atoms with E-state index in [1.807, 2.05) is 4.57 Å². The van der Waals surface area contributed by atoms with Gasteiger partial charge in [-0.15, -0.1) is 10.2 Å². The predicted octanol–water partition coefficient (Wildman–Crippen LogP) is 3.50. The third-order valence-corrected chi connectivity index (χ3v) is 7.12. The summed E-state index contributed by atoms with van der Waals surface area (Å²) in [6.45, 7) is 5.89. The van der Waals surface area contributed by atoms with Crippen LogP contribution >= 0.6 is 0 Å². The lowest BCUT2D eigenvalue weighted by atomic mass is 10.0. The Morgan fingerprint density at radius 1 is 1.00 bits per heavy atom. The van der Waals surface area contributed by atoms with Crippen molar-refractivity contribution in [1.82, 2.24) is 29.5 Å². The van der Waals surface area contributed by atoms with Crippen LogP contribution in [0.2, 0.25) is 0 Å². The van der Waals surface area contributed by atoms with Gasteiger partial charge in [0.25, 0.3) is 0 Å². The summed E-state index contributed by atoms with van der Waals surface area (Å²) in [4.78, 5) is 8.83. The third kappa shape index (κ3) is 3.66. The molecule has 0 unspecified atom stereocenters. The number of nitrogens with one attached hydrogen (secondary N) is 1. The fourth-order valence-electron chi connectivity index (χ4n) is 5.52. The van der Waals surface area contributed by atoms with E-state index in [0.29, 0.717) is 6.04 Å². The Kier molecular flexibility index (Phi) is 4.81. The number of fused-ring (bicyclic) bond motifs is 2. The van der Waals surface area contributed by atoms with Gasteiger partial charge in [-0.3, -0.25) is 14.4 Å². The minimum absolute atomic E-state index is 0.710. The molecule has 0 bridgehead atoms. The molecule has 6 nitrogen and oxygen atoms in total. The number of hydrogen-bond acceptors (Lipinski definition) is 4. The zero-order valence-corrected chi connectivity index (χ0v) is 17.7. The van der Waals surface area contributed by atoms with Gasteiger partial charge in [-0.1, -0.05) is 30.3 Å². The SMILES string of the molecule is c1ccc(CN2C[C@@H]3CCN(CCc4c[nH]c5ccc(-n6cnnc6)cc45)[C@@H]3C2)cc1. The van der Waals surface area contributed by atoms with Crippen molar-refractivity contribution in [3.8, 4) is 5.69 Å². The molecular formula is C25H28N6. The molecule has 2 aliphatic rings. The molecule has 31 heavy (non-hydrogen) atoms. The van der Waals surface area contributed by atoms with Gasteiger partial charge in [0.15, 0.2) is 0 Å². The molecule has 2 aromatic carbocycles. The number of benzene rings is 2. The van der Waals surface area contributed by atoms with Gasteiger partial charge >= 0.3 is 0 Å². The zero-order chi connectivity index (χ0) is 20.6. The van der Waals surface area contributed by atoms with E-state index in [2.05, 4.69) is 79.7 Å². The van der Waals surface area contributed by atoms with Crippen LogP contribution in [0.1, 0.15) is 17.5 Å². The van der Waals surface area contributed by atoms with Crippen molar-refractivity contribution in [2.24, 2.45) is 5.92 Å². The molecule has 0 radical (unpaired) electrons. The van der Waals surface area contributed by atoms with Crippen molar-refractivity contribution in [2.75, 3.05) is 26.2 Å². The second-order valence-corrected chi connectivity index (χ2v) is 8.99. The lowest BCUT2D eigenvalue weighted by molar-refractivity contribution is 0.224. The fraction of sp³-hybridized carbons (Fsp3) is 0.360. The second kappa shape index (κ2) is 7.94. The van der Waals surface area contributed by atoms with Crippen LogP contribution in [0.4, 0.5) is 0 Å². The van der Waals surface area contributed by atoms with Crippen molar-refractivity contribution in [2.45, 2.75) is 25.4 Å². The molecule has 0 amide bonds. The number of rotatable bonds is 6. The van der Waals surface area contributed by atoms with Gasteiger partial charge in [0.05, 0.1) is 0 Å². The quantitative estimate of drug-likeness (QED) is 0.527. The Labute approximate surface area is 182 Å². The minimum Gasteiger partial charge on any atom is -0.361 e. The van der Waals surface area contributed by atoms with E-state index in [-0.39, 0.29) is 0 Å². The first-order valence-corrected chi connectivity index (χ1v) is 11.3. The highest BCUT2D eigenvalue weighted by molar-refractivity contribution is 5.85. The van der Waals surface area contributed by atoms with Gasteiger partial charge in [0, 0.05) is 55.0 Å². The number of hydrogen-bond donors (Lipinski definition) is 1. The minimum atomic E-state index is 0.710. The highest BCUT2D eigenvalue weighted by atomic mass is 15.3. The van der Waals surface area contributed by atoms with Gasteiger partial charge in [0.2, 0.25) is 0 Å². The highest BCUT2D eigenvalue weighted by Crippen LogP contribution is 2.32. The first-order chi connectivity index (χ1) is 15.3. The zero-order valence-electron chi connectivity index (χ0n) is 17.7. The average molecular weight is 413 g/mol. The maximum absolute atomic E-state index is 3.93. The summed E-state index contributed by atoms with van der Waals surface area (Å²) in [5.74, 6) is 0.826. The standard InChI is InChI=1S/C25H28N6/c1-2-4-19(5-3-1)14-29-15-21-9-11-30(25(21)16-29)10-8-20-13-26-24-7-6-22(12-23(20)24)31-17-27-28-18-31/h1-7,12-13,17-18,21,25-26H,8-11,14-16H2/t21-,25+/m0/s1. The van der Waals surface area contributed by atoms with Crippen molar-refractivity contribution in [3.63, 3.8) is 0 Å². The van der Waals surface area contributed by atoms with E-state index in [0.717, 1.165) is 31.1 Å². The van der Waals surface area contributed by atoms with Crippen LogP contribution < -0.4 is 0 Å². The van der Waals surface area contributed by atoms with Crippen LogP contribution in [-0.4, -0.2) is 61.8 Å². The Balaban J connectivity index is 1.13. The van der Waals surface area contributed by atoms with Crippen molar-refractivity contribution >= 4 is 10.9 Å². The van der Waals surface area contributed by atoms with E-state index < -0.39 is 0 Å². The molecular weight excluding hydrogens is 384 g/mol. The average Bonchev–Trinajstić information content (AvgIpc) is 3.58. The first kappa shape index (κ1) is 18.8. The van der Waals surface area contributed by atoms with Crippen molar-refractivity contribution in [3.05, 3.63) is 78.5 Å². The lowest BCUT2D eigenvalue weighted by Crippen LogP contribution is -2.36. The summed E-state index contributed by atoms with van der Waals surface area (Å²) in [6, 6.07) is 18.1. The Bertz CT molecular complexity index is 1150. The lowest BCUT2D eigenvalue weighted by Gasteiger charge is -2.24. The first-order valence-electron chi connectivity index (χ1n) is 11.3. The van der Waals surface area contributed by atoms with Gasteiger partial charge in [-0.05, 0) is 54.6 Å². The summed E-state index contributed by atoms with van der Waals surface area (Å²) in [6.07, 6.45) is 8.10. The van der Waals surface area contributed by atoms with E-state index in [1.165, 1.54) is 48.1 Å². The molecule has 2 atom stereocenters. The molecule has 0 aliphatic carbocycles. The number of H-pyrrole nitrogens is 1. The molecule has 158 valence electrons. The molecule has 4 heterocycles. The number of nitrogens with zero attached hydrogens (tertiary/aromatic N) is 5. The summed E-state index contributed by atoms with van der Waals surface area (Å²) in [5.41, 5.74) is 5.12. The van der Waals surface area contributed by atoms with Gasteiger partial charge < -0.3 is 4.98 Å². The van der Waals surface area contributed by atoms with Gasteiger partial charge in [0.1, 0.15) is 12.7 Å². The van der Waals surface area contributed by atoms with Crippen molar-refractivity contribution < 1.29 is 0 Å². The van der Waals surface area contributed by atoms with Crippen LogP contribution in [0, 0.1) is 5.92 Å². The normalized spacial score (nSPS) is 21.8. The Morgan fingerprint density at radius 3 is 2.74 bits per heavy atom. The second-order valence-electron chi connectivity index (χ2n) is 8.99. The largest absolute Gasteiger partial charge is 0.361 e. The molecule has 0 saturated carbocycles. The Morgan fingerprint density at radius 2 is 1.87 bits per heavy atom. The molecule has 4 aromatic rings. The molecule has 2 saturated heterocycles. The maximum atomic E-state index is 3.93. The van der Waals surface area contributed by atoms with Crippen LogP contribution in [-0.2, 0) is 13.0 Å². The molecule has 6 heteroatoms. The van der Waals surface area contributed by atoms with E-state index in [9.17, 15) is 0 Å². The predicted molar refractivity (Wildman–Crippen MR) is 122 cm³/mol. The number of aromatic nitrogens is 4. The Hall–Kier alpha value is -2.96. The topological polar surface area (TPSA) is 53.0 Å². The number of likely N-dealkylation sites (tertiary alicyclic amines) is 2. The van der Waals surface area contributed by atoms with E-state index in [4.69, 9.17) is 0 Å². The van der Waals surface area contributed by atoms with Crippen LogP contribution in [0.25, 0.3) is 16.6 Å². The molecule has 2 aromatic heterocycles. The summed E-state index contributed by atoms with van der Waals surface area (Å²) in [5, 5.41) is 9.17. The van der Waals surface area contributed by atoms with Gasteiger partial charge in [-0.25, -0.2) is 0 Å². The van der Waals surface area contributed by atoms with Crippen molar-refractivity contribution in [1.29, 1.82) is 0 Å². The monoisotopic (exact) mass is 412 g/mol. The summed E-state index contributed by atoms with van der Waals surface area (Å²) >= 11 is 0. The molecule has 2 aliphatic heterocycles. The molecule has 1 N–H and O–H groups in total. The van der Waals surface area contributed by atoms with E-state index in [1.54, 1.807) is 12.7 Å². The van der Waals surface area contributed by atoms with E-state index >= 15 is 0 Å². The molecule has 6 rings (SSSR count). The van der Waals surface area contributed by atoms with Crippen LogP contribution in [0.15, 0.2) is 67.4 Å². The summed E-state index contributed by atoms with van der Waals surface area (Å²) in [7, 11) is 0. The molecule has 2 fully saturated rings. The highest BCUT2D eigenvalue weighted by Gasteiger charge is 2.40. The fourth-order valence-corrected chi connectivity index (χ4v) is 5.52. The van der Waals surface area contributed by atoms with Crippen LogP contribution in [0.3, 0.4) is 0 Å². The summed E-state index contributed by atoms with van der Waals surface area (Å²) < 4.78 is 1.96. The smallest absolute Gasteiger partial charge is 0.123 e. The van der Waals surface area contributed by atoms with Gasteiger partial charge in [-0.2, -0.15) is 0 Å². The van der Waals surface area contributed by atoms with Crippen LogP contribution in [0.5, 0.6) is 0 Å². The number of aromatic amines is 1. The third-order valence-electron chi connectivity index (χ3n) is 7.12.